The fourth-order valence-electron chi connectivity index (χ4n) is 0. The molecule has 0 atom stereocenters. The predicted octanol–water partition coefficient (Wildman–Crippen LogP) is 2.24. The van der Waals surface area contributed by atoms with Crippen LogP contribution in [0, 0.1) is 0 Å². The minimum Gasteiger partial charge on any atom is -0.678 e. The summed E-state index contributed by atoms with van der Waals surface area (Å²) in [6.45, 7) is 2.29. The van der Waals surface area contributed by atoms with Crippen LogP contribution in [0.1, 0.15) is 21.8 Å². The Morgan fingerprint density at radius 2 is 1.25 bits per heavy atom. The van der Waals surface area contributed by atoms with Crippen LogP contribution in [-0.4, -0.2) is 6.54 Å². The van der Waals surface area contributed by atoms with E-state index in [9.17, 15) is 0 Å². The van der Waals surface area contributed by atoms with Gasteiger partial charge in [0.05, 0.1) is 0 Å². The Morgan fingerprint density at radius 1 is 1.25 bits per heavy atom. The van der Waals surface area contributed by atoms with Crippen LogP contribution in [-0.2, 0) is 32.7 Å². The molecule has 0 aromatic rings. The van der Waals surface area contributed by atoms with Gasteiger partial charge >= 0.3 is 0 Å². The van der Waals surface area contributed by atoms with Gasteiger partial charge < -0.3 is 17.4 Å². The smallest absolute Gasteiger partial charge is 0 e. The van der Waals surface area contributed by atoms with Crippen LogP contribution in [0.25, 0.3) is 11.6 Å². The van der Waals surface area contributed by atoms with E-state index in [1.807, 2.05) is 0 Å². The number of hydrogen-bond acceptors (Lipinski definition) is 1. The first-order valence-corrected chi connectivity index (χ1v) is 1.35. The maximum Gasteiger partial charge on any atom is 0 e. The molecule has 0 saturated heterocycles. The van der Waals surface area contributed by atoms with Crippen molar-refractivity contribution in [1.82, 2.24) is 0 Å². The van der Waals surface area contributed by atoms with Gasteiger partial charge in [-0.1, -0.05) is 21.8 Å². The van der Waals surface area contributed by atoms with Crippen LogP contribution in [0.4, 0.5) is 0 Å². The monoisotopic (exact) mass is 196 g/mol. The first kappa shape index (κ1) is 36.1. The second-order valence-corrected chi connectivity index (χ2v) is 0.354. The molecule has 4 heteroatoms. The molecule has 0 spiro atoms. The standard InChI is InChI=1S/C2H6N.2CH4.H3N2.Y/c1-2-3;;;1-2;/h3H,2H2,1H3;2*1H4;1H,2H2;/q-1;;;-1;. The van der Waals surface area contributed by atoms with Crippen molar-refractivity contribution in [3.05, 3.63) is 11.6 Å². The van der Waals surface area contributed by atoms with Crippen molar-refractivity contribution in [2.24, 2.45) is 5.84 Å². The fraction of sp³-hybridized carbons (Fsp3) is 1.00. The molecule has 1 radical (unpaired) electrons. The number of hydrogen-bond donors (Lipinski definition) is 1. The van der Waals surface area contributed by atoms with E-state index in [1.165, 1.54) is 0 Å². The first-order chi connectivity index (χ1) is 2.41. The minimum atomic E-state index is 0. The molecule has 4 N–H and O–H groups in total. The van der Waals surface area contributed by atoms with Gasteiger partial charge in [-0.3, -0.25) is 0 Å². The van der Waals surface area contributed by atoms with Gasteiger partial charge in [0.15, 0.2) is 0 Å². The molecule has 0 aliphatic carbocycles. The summed E-state index contributed by atoms with van der Waals surface area (Å²) in [5, 5.41) is 0. The predicted molar refractivity (Wildman–Crippen MR) is 36.8 cm³/mol. The van der Waals surface area contributed by atoms with Crippen LogP contribution in [0.3, 0.4) is 0 Å². The molecule has 0 aliphatic rings. The molecule has 0 aliphatic heterocycles. The summed E-state index contributed by atoms with van der Waals surface area (Å²) in [5.74, 6) is 9.00. The van der Waals surface area contributed by atoms with Gasteiger partial charge in [-0.2, -0.15) is 6.54 Å². The molecule has 0 heterocycles. The van der Waals surface area contributed by atoms with Gasteiger partial charge in [-0.15, -0.1) is 0 Å². The summed E-state index contributed by atoms with van der Waals surface area (Å²) in [4.78, 5) is 0. The van der Waals surface area contributed by atoms with Crippen LogP contribution in [0.15, 0.2) is 0 Å². The van der Waals surface area contributed by atoms with Gasteiger partial charge in [-0.25, -0.2) is 0 Å². The zero-order chi connectivity index (χ0) is 4.71. The van der Waals surface area contributed by atoms with E-state index in [0.717, 1.165) is 0 Å². The van der Waals surface area contributed by atoms with Gasteiger partial charge in [-0.05, 0) is 0 Å². The average molecular weight is 196 g/mol. The molecule has 8 heavy (non-hydrogen) atoms. The van der Waals surface area contributed by atoms with Crippen molar-refractivity contribution in [2.45, 2.75) is 21.8 Å². The van der Waals surface area contributed by atoms with E-state index in [0.29, 0.717) is 6.54 Å². The van der Waals surface area contributed by atoms with Crippen molar-refractivity contribution >= 4 is 0 Å². The Balaban J connectivity index is -0.00000000567. The summed E-state index contributed by atoms with van der Waals surface area (Å²) in [6.07, 6.45) is 0. The summed E-state index contributed by atoms with van der Waals surface area (Å²) >= 11 is 0. The second kappa shape index (κ2) is 98.9. The SMILES string of the molecule is C.C.CC[NH-].[NH-]N.[Y]. The van der Waals surface area contributed by atoms with E-state index in [4.69, 9.17) is 11.6 Å². The zero-order valence-corrected chi connectivity index (χ0v) is 6.70. The summed E-state index contributed by atoms with van der Waals surface area (Å²) in [7, 11) is 0. The Bertz CT molecular complexity index is 11.2. The minimum absolute atomic E-state index is 0. The molecule has 0 saturated carbocycles. The molecule has 0 rings (SSSR count). The second-order valence-electron chi connectivity index (χ2n) is 0.354. The number of rotatable bonds is 0. The van der Waals surface area contributed by atoms with Crippen molar-refractivity contribution in [3.63, 3.8) is 0 Å². The topological polar surface area (TPSA) is 73.6 Å². The Labute approximate surface area is 78.2 Å². The van der Waals surface area contributed by atoms with Crippen LogP contribution < -0.4 is 5.84 Å². The van der Waals surface area contributed by atoms with E-state index < -0.39 is 0 Å². The van der Waals surface area contributed by atoms with Crippen LogP contribution in [0.5, 0.6) is 0 Å². The maximum absolute atomic E-state index is 6.21. The van der Waals surface area contributed by atoms with E-state index >= 15 is 0 Å². The number of nitrogens with one attached hydrogen (secondary N) is 2. The molecule has 0 aromatic heterocycles. The van der Waals surface area contributed by atoms with Crippen molar-refractivity contribution in [3.8, 4) is 0 Å². The van der Waals surface area contributed by atoms with Crippen LogP contribution >= 0.6 is 0 Å². The molecular formula is C4H17N3Y-2. The molecule has 0 amide bonds. The first-order valence-electron chi connectivity index (χ1n) is 1.35. The quantitative estimate of drug-likeness (QED) is 0.468. The molecule has 0 aromatic carbocycles. The maximum atomic E-state index is 6.21. The van der Waals surface area contributed by atoms with Crippen molar-refractivity contribution < 1.29 is 32.7 Å². The Morgan fingerprint density at radius 3 is 1.25 bits per heavy atom. The summed E-state index contributed by atoms with van der Waals surface area (Å²) < 4.78 is 0. The van der Waals surface area contributed by atoms with E-state index in [-0.39, 0.29) is 47.6 Å². The molecule has 0 unspecified atom stereocenters. The van der Waals surface area contributed by atoms with Crippen molar-refractivity contribution in [1.29, 1.82) is 0 Å². The van der Waals surface area contributed by atoms with Gasteiger partial charge in [0.1, 0.15) is 0 Å². The summed E-state index contributed by atoms with van der Waals surface area (Å²) in [5.41, 5.74) is 6.21. The normalized spacial score (nSPS) is 3.00. The van der Waals surface area contributed by atoms with Gasteiger partial charge in [0, 0.05) is 32.7 Å². The fourth-order valence-corrected chi connectivity index (χ4v) is 0. The Kier molecular flexibility index (Phi) is 446. The van der Waals surface area contributed by atoms with Gasteiger partial charge in [0.2, 0.25) is 0 Å². The Hall–Kier alpha value is 0.984. The van der Waals surface area contributed by atoms with Gasteiger partial charge in [0.25, 0.3) is 0 Å². The van der Waals surface area contributed by atoms with Crippen molar-refractivity contribution in [2.75, 3.05) is 6.54 Å². The average Bonchev–Trinajstić information content (AvgIpc) is 1.46. The van der Waals surface area contributed by atoms with E-state index in [1.54, 1.807) is 6.92 Å². The molecular weight excluding hydrogens is 179 g/mol. The number of nitrogens with two attached hydrogens (primary N) is 1. The zero-order valence-electron chi connectivity index (χ0n) is 3.86. The third-order valence-electron chi connectivity index (χ3n) is 0. The molecule has 53 valence electrons. The molecule has 0 fully saturated rings. The van der Waals surface area contributed by atoms with E-state index in [2.05, 4.69) is 5.84 Å². The third kappa shape index (κ3) is 258. The molecule has 3 nitrogen and oxygen atoms in total. The third-order valence-corrected chi connectivity index (χ3v) is 0. The largest absolute Gasteiger partial charge is 0.678 e. The van der Waals surface area contributed by atoms with Crippen LogP contribution in [0.2, 0.25) is 0 Å². The molecule has 0 bridgehead atoms. The summed E-state index contributed by atoms with van der Waals surface area (Å²) in [6, 6.07) is 0.